The minimum Gasteiger partial charge on any atom is -0.445 e. The number of hydrogen-bond acceptors (Lipinski definition) is 4. The van der Waals surface area contributed by atoms with Gasteiger partial charge < -0.3 is 14.4 Å². The van der Waals surface area contributed by atoms with Crippen molar-refractivity contribution in [2.75, 3.05) is 13.2 Å². The van der Waals surface area contributed by atoms with Gasteiger partial charge in [0.1, 0.15) is 12.7 Å². The summed E-state index contributed by atoms with van der Waals surface area (Å²) in [5.41, 5.74) is 2.24. The van der Waals surface area contributed by atoms with Crippen molar-refractivity contribution in [3.05, 3.63) is 70.2 Å². The second kappa shape index (κ2) is 9.59. The van der Waals surface area contributed by atoms with E-state index in [0.717, 1.165) is 17.5 Å². The number of amides is 1. The molecule has 0 saturated carbocycles. The molecule has 2 aromatic carbocycles. The number of benzene rings is 2. The van der Waals surface area contributed by atoms with E-state index in [4.69, 9.17) is 26.3 Å². The first-order chi connectivity index (χ1) is 13.6. The second-order valence-corrected chi connectivity index (χ2v) is 7.11. The molecule has 0 radical (unpaired) electrons. The number of halogens is 1. The minimum atomic E-state index is -0.357. The number of rotatable bonds is 5. The van der Waals surface area contributed by atoms with Gasteiger partial charge in [0.2, 0.25) is 0 Å². The molecule has 146 valence electrons. The molecule has 0 aromatic heterocycles. The van der Waals surface area contributed by atoms with Crippen LogP contribution in [-0.2, 0) is 16.1 Å². The van der Waals surface area contributed by atoms with Crippen molar-refractivity contribution in [2.45, 2.75) is 38.5 Å². The zero-order valence-corrected chi connectivity index (χ0v) is 16.6. The number of carbonyl (C=O) groups is 1. The topological polar surface area (TPSA) is 62.6 Å². The van der Waals surface area contributed by atoms with Crippen molar-refractivity contribution < 1.29 is 14.3 Å². The van der Waals surface area contributed by atoms with E-state index in [1.807, 2.05) is 43.3 Å². The third-order valence-electron chi connectivity index (χ3n) is 4.89. The van der Waals surface area contributed by atoms with E-state index >= 15 is 0 Å². The van der Waals surface area contributed by atoms with Gasteiger partial charge in [0.05, 0.1) is 22.7 Å². The van der Waals surface area contributed by atoms with Crippen LogP contribution in [0.3, 0.4) is 0 Å². The number of carbonyl (C=O) groups excluding carboxylic acids is 1. The molecule has 2 atom stereocenters. The Balaban J connectivity index is 1.78. The van der Waals surface area contributed by atoms with Crippen molar-refractivity contribution in [1.29, 1.82) is 5.26 Å². The average molecular weight is 399 g/mol. The molecule has 0 N–H and O–H groups in total. The molecule has 1 heterocycles. The minimum absolute atomic E-state index is 0.0718. The fourth-order valence-corrected chi connectivity index (χ4v) is 3.72. The monoisotopic (exact) mass is 398 g/mol. The summed E-state index contributed by atoms with van der Waals surface area (Å²) in [4.78, 5) is 14.5. The van der Waals surface area contributed by atoms with E-state index in [1.54, 1.807) is 17.0 Å². The van der Waals surface area contributed by atoms with Gasteiger partial charge in [-0.05, 0) is 43.0 Å². The lowest BCUT2D eigenvalue weighted by Crippen LogP contribution is -2.43. The number of likely N-dealkylation sites (tertiary alicyclic amines) is 1. The Morgan fingerprint density at radius 3 is 2.75 bits per heavy atom. The summed E-state index contributed by atoms with van der Waals surface area (Å²) in [6, 6.07) is 16.8. The summed E-state index contributed by atoms with van der Waals surface area (Å²) in [5.74, 6) is 0. The molecule has 1 amide bonds. The Bertz CT molecular complexity index is 851. The quantitative estimate of drug-likeness (QED) is 0.703. The van der Waals surface area contributed by atoms with E-state index in [0.29, 0.717) is 30.2 Å². The molecule has 28 heavy (non-hydrogen) atoms. The van der Waals surface area contributed by atoms with Crippen LogP contribution in [0.25, 0.3) is 0 Å². The summed E-state index contributed by atoms with van der Waals surface area (Å²) in [6.45, 7) is 3.37. The Hall–Kier alpha value is -2.55. The first kappa shape index (κ1) is 20.2. The van der Waals surface area contributed by atoms with Crippen molar-refractivity contribution in [3.63, 3.8) is 0 Å². The molecule has 2 unspecified atom stereocenters. The summed E-state index contributed by atoms with van der Waals surface area (Å²) < 4.78 is 11.4. The molecular formula is C22H23ClN2O3. The smallest absolute Gasteiger partial charge is 0.410 e. The average Bonchev–Trinajstić information content (AvgIpc) is 2.73. The first-order valence-corrected chi connectivity index (χ1v) is 9.78. The molecule has 0 aliphatic carbocycles. The maximum absolute atomic E-state index is 12.8. The predicted molar refractivity (Wildman–Crippen MR) is 107 cm³/mol. The lowest BCUT2D eigenvalue weighted by Gasteiger charge is -2.39. The van der Waals surface area contributed by atoms with Gasteiger partial charge >= 0.3 is 6.09 Å². The van der Waals surface area contributed by atoms with E-state index in [1.165, 1.54) is 0 Å². The molecular weight excluding hydrogens is 376 g/mol. The zero-order chi connectivity index (χ0) is 19.9. The maximum Gasteiger partial charge on any atom is 0.410 e. The predicted octanol–water partition coefficient (Wildman–Crippen LogP) is 5.09. The molecule has 1 aliphatic heterocycles. The van der Waals surface area contributed by atoms with Crippen LogP contribution in [0.1, 0.15) is 42.5 Å². The van der Waals surface area contributed by atoms with Gasteiger partial charge in [-0.1, -0.05) is 48.0 Å². The number of piperidine rings is 1. The highest BCUT2D eigenvalue weighted by atomic mass is 35.5. The molecule has 1 saturated heterocycles. The van der Waals surface area contributed by atoms with Crippen LogP contribution in [0, 0.1) is 11.3 Å². The van der Waals surface area contributed by atoms with Crippen molar-refractivity contribution in [3.8, 4) is 6.07 Å². The van der Waals surface area contributed by atoms with Gasteiger partial charge in [-0.2, -0.15) is 5.26 Å². The standard InChI is InChI=1S/C22H23ClN2O3/c1-2-27-19-10-11-25(22(26)28-15-16-6-4-3-5-7-16)21(13-19)17-8-9-18(14-24)20(23)12-17/h3-9,12,19,21H,2,10-11,13,15H2,1H3. The van der Waals surface area contributed by atoms with Crippen LogP contribution in [0.4, 0.5) is 4.79 Å². The van der Waals surface area contributed by atoms with Gasteiger partial charge in [0.15, 0.2) is 0 Å². The third-order valence-corrected chi connectivity index (χ3v) is 5.21. The Morgan fingerprint density at radius 1 is 1.29 bits per heavy atom. The normalized spacial score (nSPS) is 19.1. The van der Waals surface area contributed by atoms with Crippen LogP contribution < -0.4 is 0 Å². The largest absolute Gasteiger partial charge is 0.445 e. The summed E-state index contributed by atoms with van der Waals surface area (Å²) >= 11 is 6.23. The van der Waals surface area contributed by atoms with E-state index < -0.39 is 0 Å². The highest BCUT2D eigenvalue weighted by Crippen LogP contribution is 2.34. The first-order valence-electron chi connectivity index (χ1n) is 9.40. The number of hydrogen-bond donors (Lipinski definition) is 0. The molecule has 0 bridgehead atoms. The molecule has 5 nitrogen and oxygen atoms in total. The Morgan fingerprint density at radius 2 is 2.07 bits per heavy atom. The number of nitrogens with zero attached hydrogens (tertiary/aromatic N) is 2. The maximum atomic E-state index is 12.8. The van der Waals surface area contributed by atoms with E-state index in [-0.39, 0.29) is 24.8 Å². The summed E-state index contributed by atoms with van der Waals surface area (Å²) in [7, 11) is 0. The highest BCUT2D eigenvalue weighted by molar-refractivity contribution is 6.31. The second-order valence-electron chi connectivity index (χ2n) is 6.70. The molecule has 0 spiro atoms. The van der Waals surface area contributed by atoms with Crippen molar-refractivity contribution in [2.24, 2.45) is 0 Å². The van der Waals surface area contributed by atoms with Crippen molar-refractivity contribution >= 4 is 17.7 Å². The van der Waals surface area contributed by atoms with Crippen LogP contribution in [0.15, 0.2) is 48.5 Å². The van der Waals surface area contributed by atoms with Gasteiger partial charge in [0.25, 0.3) is 0 Å². The van der Waals surface area contributed by atoms with Crippen molar-refractivity contribution in [1.82, 2.24) is 4.90 Å². The van der Waals surface area contributed by atoms with Crippen LogP contribution >= 0.6 is 11.6 Å². The SMILES string of the molecule is CCOC1CCN(C(=O)OCc2ccccc2)C(c2ccc(C#N)c(Cl)c2)C1. The molecule has 2 aromatic rings. The summed E-state index contributed by atoms with van der Waals surface area (Å²) in [6.07, 6.45) is 1.14. The van der Waals surface area contributed by atoms with Gasteiger partial charge in [-0.25, -0.2) is 4.79 Å². The number of nitriles is 1. The number of ether oxygens (including phenoxy) is 2. The van der Waals surface area contributed by atoms with Gasteiger partial charge in [-0.3, -0.25) is 0 Å². The lowest BCUT2D eigenvalue weighted by molar-refractivity contribution is -0.0125. The van der Waals surface area contributed by atoms with Gasteiger partial charge in [-0.15, -0.1) is 0 Å². The van der Waals surface area contributed by atoms with E-state index in [2.05, 4.69) is 6.07 Å². The Labute approximate surface area is 170 Å². The zero-order valence-electron chi connectivity index (χ0n) is 15.8. The lowest BCUT2D eigenvalue weighted by atomic mass is 9.93. The summed E-state index contributed by atoms with van der Waals surface area (Å²) in [5, 5.41) is 9.50. The molecule has 1 fully saturated rings. The fourth-order valence-electron chi connectivity index (χ4n) is 3.49. The van der Waals surface area contributed by atoms with Crippen LogP contribution in [0.2, 0.25) is 5.02 Å². The highest BCUT2D eigenvalue weighted by Gasteiger charge is 2.34. The van der Waals surface area contributed by atoms with Crippen LogP contribution in [0.5, 0.6) is 0 Å². The molecule has 3 rings (SSSR count). The molecule has 6 heteroatoms. The van der Waals surface area contributed by atoms with Crippen LogP contribution in [-0.4, -0.2) is 30.2 Å². The molecule has 1 aliphatic rings. The van der Waals surface area contributed by atoms with Gasteiger partial charge in [0, 0.05) is 13.2 Å². The third kappa shape index (κ3) is 4.83. The fraction of sp³-hybridized carbons (Fsp3) is 0.364. The Kier molecular flexibility index (Phi) is 6.91. The van der Waals surface area contributed by atoms with E-state index in [9.17, 15) is 4.79 Å².